The second-order valence-corrected chi connectivity index (χ2v) is 5.14. The van der Waals surface area contributed by atoms with Crippen molar-refractivity contribution < 1.29 is 4.39 Å². The minimum atomic E-state index is -0.138. The Balaban J connectivity index is 2.11. The normalized spacial score (nSPS) is 22.1. The number of halogens is 1. The fourth-order valence-corrected chi connectivity index (χ4v) is 2.91. The summed E-state index contributed by atoms with van der Waals surface area (Å²) in [4.78, 5) is 2.40. The van der Waals surface area contributed by atoms with Crippen molar-refractivity contribution in [1.29, 1.82) is 0 Å². The van der Waals surface area contributed by atoms with Crippen LogP contribution in [-0.2, 0) is 0 Å². The average molecular weight is 250 g/mol. The molecular formula is C15H23FN2. The maximum Gasteiger partial charge on any atom is 0.123 e. The number of hydrogen-bond donors (Lipinski definition) is 1. The number of hydrogen-bond acceptors (Lipinski definition) is 2. The summed E-state index contributed by atoms with van der Waals surface area (Å²) in [6.07, 6.45) is 3.47. The largest absolute Gasteiger partial charge is 0.315 e. The molecular weight excluding hydrogens is 227 g/mol. The molecule has 18 heavy (non-hydrogen) atoms. The van der Waals surface area contributed by atoms with E-state index >= 15 is 0 Å². The van der Waals surface area contributed by atoms with E-state index in [1.54, 1.807) is 12.1 Å². The van der Waals surface area contributed by atoms with Crippen molar-refractivity contribution in [2.75, 3.05) is 20.1 Å². The van der Waals surface area contributed by atoms with Gasteiger partial charge in [0.05, 0.1) is 0 Å². The summed E-state index contributed by atoms with van der Waals surface area (Å²) in [7, 11) is 2.16. The molecule has 1 aromatic rings. The monoisotopic (exact) mass is 250 g/mol. The van der Waals surface area contributed by atoms with Crippen molar-refractivity contribution in [1.82, 2.24) is 10.2 Å². The van der Waals surface area contributed by atoms with E-state index in [9.17, 15) is 4.39 Å². The highest BCUT2D eigenvalue weighted by molar-refractivity contribution is 5.20. The zero-order chi connectivity index (χ0) is 13.0. The number of nitrogens with zero attached hydrogens (tertiary/aromatic N) is 1. The molecule has 2 unspecified atom stereocenters. The minimum Gasteiger partial charge on any atom is -0.315 e. The molecule has 0 spiro atoms. The van der Waals surface area contributed by atoms with Crippen LogP contribution in [0.1, 0.15) is 37.8 Å². The van der Waals surface area contributed by atoms with E-state index in [0.717, 1.165) is 25.1 Å². The molecule has 100 valence electrons. The lowest BCUT2D eigenvalue weighted by Crippen LogP contribution is -2.45. The van der Waals surface area contributed by atoms with Crippen LogP contribution in [0.4, 0.5) is 4.39 Å². The Hall–Kier alpha value is -0.930. The van der Waals surface area contributed by atoms with Crippen LogP contribution in [0.15, 0.2) is 24.3 Å². The summed E-state index contributed by atoms with van der Waals surface area (Å²) in [5, 5.41) is 3.44. The molecule has 1 saturated heterocycles. The third kappa shape index (κ3) is 3.09. The first-order chi connectivity index (χ1) is 8.72. The van der Waals surface area contributed by atoms with Gasteiger partial charge in [0.15, 0.2) is 0 Å². The first kappa shape index (κ1) is 13.5. The van der Waals surface area contributed by atoms with Crippen LogP contribution < -0.4 is 5.32 Å². The smallest absolute Gasteiger partial charge is 0.123 e. The van der Waals surface area contributed by atoms with E-state index in [1.165, 1.54) is 18.9 Å². The first-order valence-corrected chi connectivity index (χ1v) is 6.90. The molecule has 1 heterocycles. The lowest BCUT2D eigenvalue weighted by Gasteiger charge is -2.37. The van der Waals surface area contributed by atoms with Crippen molar-refractivity contribution >= 4 is 0 Å². The maximum atomic E-state index is 13.3. The topological polar surface area (TPSA) is 15.3 Å². The summed E-state index contributed by atoms with van der Waals surface area (Å²) >= 11 is 0. The summed E-state index contributed by atoms with van der Waals surface area (Å²) in [5.41, 5.74) is 1.09. The molecule has 0 bridgehead atoms. The van der Waals surface area contributed by atoms with Crippen LogP contribution in [0.3, 0.4) is 0 Å². The molecule has 1 fully saturated rings. The van der Waals surface area contributed by atoms with Crippen LogP contribution in [0.5, 0.6) is 0 Å². The predicted molar refractivity (Wildman–Crippen MR) is 73.1 cm³/mol. The number of piperidine rings is 1. The van der Waals surface area contributed by atoms with E-state index in [4.69, 9.17) is 0 Å². The van der Waals surface area contributed by atoms with Crippen LogP contribution in [0, 0.1) is 5.82 Å². The van der Waals surface area contributed by atoms with Gasteiger partial charge in [-0.3, -0.25) is 4.90 Å². The van der Waals surface area contributed by atoms with Crippen LogP contribution in [0.2, 0.25) is 0 Å². The molecule has 2 rings (SSSR count). The second-order valence-electron chi connectivity index (χ2n) is 5.14. The van der Waals surface area contributed by atoms with Crippen LogP contribution in [0.25, 0.3) is 0 Å². The molecule has 1 aliphatic rings. The van der Waals surface area contributed by atoms with Gasteiger partial charge in [-0.05, 0) is 50.6 Å². The zero-order valence-corrected chi connectivity index (χ0v) is 11.3. The number of nitrogens with one attached hydrogen (secondary N) is 1. The molecule has 3 heteroatoms. The summed E-state index contributed by atoms with van der Waals surface area (Å²) in [6.45, 7) is 4.34. The van der Waals surface area contributed by atoms with E-state index in [1.807, 2.05) is 6.07 Å². The molecule has 2 nitrogen and oxygen atoms in total. The Kier molecular flexibility index (Phi) is 4.72. The van der Waals surface area contributed by atoms with Crippen LogP contribution in [-0.4, -0.2) is 31.1 Å². The van der Waals surface area contributed by atoms with Gasteiger partial charge in [0.1, 0.15) is 5.82 Å². The highest BCUT2D eigenvalue weighted by Crippen LogP contribution is 2.27. The number of rotatable bonds is 4. The zero-order valence-electron chi connectivity index (χ0n) is 11.3. The third-order valence-corrected chi connectivity index (χ3v) is 3.96. The molecule has 0 amide bonds. The molecule has 0 saturated carbocycles. The lowest BCUT2D eigenvalue weighted by atomic mass is 9.98. The molecule has 1 N–H and O–H groups in total. The summed E-state index contributed by atoms with van der Waals surface area (Å²) < 4.78 is 13.3. The standard InChI is InChI=1S/C15H23FN2/c1-3-15(12-6-4-7-13(16)10-12)18(2)14-8-5-9-17-11-14/h4,6-7,10,14-15,17H,3,5,8-9,11H2,1-2H3. The van der Waals surface area contributed by atoms with Gasteiger partial charge in [-0.25, -0.2) is 4.39 Å². The number of likely N-dealkylation sites (N-methyl/N-ethyl adjacent to an activating group) is 1. The Morgan fingerprint density at radius 3 is 2.94 bits per heavy atom. The van der Waals surface area contributed by atoms with Crippen molar-refractivity contribution in [2.24, 2.45) is 0 Å². The van der Waals surface area contributed by atoms with Crippen molar-refractivity contribution in [3.8, 4) is 0 Å². The van der Waals surface area contributed by atoms with Crippen molar-refractivity contribution in [3.63, 3.8) is 0 Å². The fraction of sp³-hybridized carbons (Fsp3) is 0.600. The van der Waals surface area contributed by atoms with Gasteiger partial charge in [0.2, 0.25) is 0 Å². The lowest BCUT2D eigenvalue weighted by molar-refractivity contribution is 0.142. The Morgan fingerprint density at radius 2 is 2.33 bits per heavy atom. The fourth-order valence-electron chi connectivity index (χ4n) is 2.91. The molecule has 2 atom stereocenters. The Bertz CT molecular complexity index is 375. The highest BCUT2D eigenvalue weighted by Gasteiger charge is 2.24. The summed E-state index contributed by atoms with van der Waals surface area (Å²) in [6, 6.07) is 7.89. The Morgan fingerprint density at radius 1 is 1.50 bits per heavy atom. The van der Waals surface area contributed by atoms with Crippen LogP contribution >= 0.6 is 0 Å². The average Bonchev–Trinajstić information content (AvgIpc) is 2.40. The first-order valence-electron chi connectivity index (χ1n) is 6.90. The maximum absolute atomic E-state index is 13.3. The van der Waals surface area contributed by atoms with Gasteiger partial charge in [-0.2, -0.15) is 0 Å². The van der Waals surface area contributed by atoms with E-state index in [2.05, 4.69) is 24.2 Å². The molecule has 0 aliphatic carbocycles. The van der Waals surface area contributed by atoms with Gasteiger partial charge < -0.3 is 5.32 Å². The third-order valence-electron chi connectivity index (χ3n) is 3.96. The van der Waals surface area contributed by atoms with Crippen molar-refractivity contribution in [3.05, 3.63) is 35.6 Å². The van der Waals surface area contributed by atoms with Gasteiger partial charge in [0, 0.05) is 18.6 Å². The van der Waals surface area contributed by atoms with E-state index in [0.29, 0.717) is 12.1 Å². The van der Waals surface area contributed by atoms with Crippen molar-refractivity contribution in [2.45, 2.75) is 38.3 Å². The minimum absolute atomic E-state index is 0.138. The predicted octanol–water partition coefficient (Wildman–Crippen LogP) is 2.96. The summed E-state index contributed by atoms with van der Waals surface area (Å²) in [5.74, 6) is -0.138. The number of benzene rings is 1. The highest BCUT2D eigenvalue weighted by atomic mass is 19.1. The SMILES string of the molecule is CCC(c1cccc(F)c1)N(C)C1CCCNC1. The van der Waals surface area contributed by atoms with Gasteiger partial charge >= 0.3 is 0 Å². The Labute approximate surface area is 109 Å². The van der Waals surface area contributed by atoms with Gasteiger partial charge in [-0.15, -0.1) is 0 Å². The molecule has 0 radical (unpaired) electrons. The molecule has 0 aromatic heterocycles. The van der Waals surface area contributed by atoms with E-state index in [-0.39, 0.29) is 5.82 Å². The molecule has 1 aliphatic heterocycles. The van der Waals surface area contributed by atoms with E-state index < -0.39 is 0 Å². The second kappa shape index (κ2) is 6.30. The quantitative estimate of drug-likeness (QED) is 0.884. The van der Waals surface area contributed by atoms with Gasteiger partial charge in [0.25, 0.3) is 0 Å². The van der Waals surface area contributed by atoms with Gasteiger partial charge in [-0.1, -0.05) is 19.1 Å². The molecule has 1 aromatic carbocycles.